The predicted octanol–water partition coefficient (Wildman–Crippen LogP) is 5.18. The second-order valence-corrected chi connectivity index (χ2v) is 6.97. The number of allylic oxidation sites excluding steroid dienone is 2. The summed E-state index contributed by atoms with van der Waals surface area (Å²) in [6.07, 6.45) is 5.47. The number of benzene rings is 2. The Morgan fingerprint density at radius 3 is 2.91 bits per heavy atom. The molecule has 0 bridgehead atoms. The van der Waals surface area contributed by atoms with E-state index in [-0.39, 0.29) is 16.7 Å². The topological polar surface area (TPSA) is 55.2 Å². The van der Waals surface area contributed by atoms with E-state index >= 15 is 0 Å². The molecule has 1 aliphatic heterocycles. The van der Waals surface area contributed by atoms with Gasteiger partial charge in [0.1, 0.15) is 0 Å². The normalized spacial score (nSPS) is 24.7. The molecule has 1 heterocycles. The van der Waals surface area contributed by atoms with Crippen molar-refractivity contribution in [1.82, 2.24) is 0 Å². The maximum atomic E-state index is 11.1. The van der Waals surface area contributed by atoms with Gasteiger partial charge in [0, 0.05) is 28.2 Å². The number of nitrogens with zero attached hydrogens (tertiary/aromatic N) is 1. The Morgan fingerprint density at radius 1 is 1.22 bits per heavy atom. The molecular weight excluding hydrogens is 356 g/mol. The molecule has 0 saturated heterocycles. The average molecular weight is 371 g/mol. The van der Waals surface area contributed by atoms with Gasteiger partial charge in [0.05, 0.1) is 11.0 Å². The largest absolute Gasteiger partial charge is 0.378 e. The Labute approximate surface area is 142 Å². The third kappa shape index (κ3) is 2.45. The van der Waals surface area contributed by atoms with E-state index in [4.69, 9.17) is 0 Å². The number of rotatable bonds is 2. The first kappa shape index (κ1) is 14.5. The van der Waals surface area contributed by atoms with Crippen molar-refractivity contribution < 1.29 is 4.92 Å². The van der Waals surface area contributed by atoms with Crippen molar-refractivity contribution in [3.05, 3.63) is 80.3 Å². The van der Waals surface area contributed by atoms with Gasteiger partial charge < -0.3 is 5.32 Å². The van der Waals surface area contributed by atoms with E-state index in [1.807, 2.05) is 12.1 Å². The van der Waals surface area contributed by atoms with Crippen molar-refractivity contribution in [2.75, 3.05) is 5.32 Å². The van der Waals surface area contributed by atoms with Gasteiger partial charge in [-0.1, -0.05) is 40.2 Å². The van der Waals surface area contributed by atoms with Gasteiger partial charge in [-0.2, -0.15) is 0 Å². The molecule has 5 heteroatoms. The molecule has 3 atom stereocenters. The van der Waals surface area contributed by atoms with Crippen LogP contribution in [0.15, 0.2) is 59.1 Å². The molecule has 1 N–H and O–H groups in total. The van der Waals surface area contributed by atoms with Gasteiger partial charge in [0.2, 0.25) is 0 Å². The Morgan fingerprint density at radius 2 is 2.09 bits per heavy atom. The van der Waals surface area contributed by atoms with Gasteiger partial charge >= 0.3 is 0 Å². The highest BCUT2D eigenvalue weighted by Gasteiger charge is 2.38. The van der Waals surface area contributed by atoms with E-state index in [1.54, 1.807) is 18.2 Å². The van der Waals surface area contributed by atoms with Gasteiger partial charge in [-0.05, 0) is 41.7 Å². The molecular formula is C18H15BrN2O2. The first-order chi connectivity index (χ1) is 11.1. The molecule has 2 aliphatic rings. The third-order valence-corrected chi connectivity index (χ3v) is 5.26. The Balaban J connectivity index is 1.78. The minimum atomic E-state index is -0.332. The molecule has 0 radical (unpaired) electrons. The SMILES string of the molecule is O=[N+]([O-])c1cccc([C@@H]2Nc3ccc(Br)cc3[C@@H]3C=CC[C@H]32)c1. The van der Waals surface area contributed by atoms with Gasteiger partial charge in [-0.25, -0.2) is 0 Å². The van der Waals surface area contributed by atoms with Crippen molar-refractivity contribution in [2.45, 2.75) is 18.4 Å². The summed E-state index contributed by atoms with van der Waals surface area (Å²) in [6, 6.07) is 13.3. The van der Waals surface area contributed by atoms with Crippen LogP contribution in [0.4, 0.5) is 11.4 Å². The highest BCUT2D eigenvalue weighted by Crippen LogP contribution is 2.50. The standard InChI is InChI=1S/C18H15BrN2O2/c19-12-7-8-17-16(10-12)14-5-2-6-15(14)18(20-17)11-3-1-4-13(9-11)21(22)23/h1-5,7-10,14-15,18,20H,6H2/t14-,15-,18+/m1/s1. The smallest absolute Gasteiger partial charge is 0.269 e. The number of nitro benzene ring substituents is 1. The fraction of sp³-hybridized carbons (Fsp3) is 0.222. The van der Waals surface area contributed by atoms with Crippen LogP contribution in [0, 0.1) is 16.0 Å². The minimum Gasteiger partial charge on any atom is -0.378 e. The fourth-order valence-electron chi connectivity index (χ4n) is 3.73. The van der Waals surface area contributed by atoms with Crippen molar-refractivity contribution in [2.24, 2.45) is 5.92 Å². The van der Waals surface area contributed by atoms with Gasteiger partial charge in [0.25, 0.3) is 5.69 Å². The number of anilines is 1. The predicted molar refractivity (Wildman–Crippen MR) is 93.6 cm³/mol. The molecule has 23 heavy (non-hydrogen) atoms. The molecule has 116 valence electrons. The molecule has 1 aliphatic carbocycles. The lowest BCUT2D eigenvalue weighted by Crippen LogP contribution is -2.29. The van der Waals surface area contributed by atoms with Crippen LogP contribution in [0.25, 0.3) is 0 Å². The number of hydrogen-bond acceptors (Lipinski definition) is 3. The molecule has 4 rings (SSSR count). The summed E-state index contributed by atoms with van der Waals surface area (Å²) in [5, 5.41) is 14.7. The molecule has 2 aromatic rings. The van der Waals surface area contributed by atoms with Gasteiger partial charge in [-0.15, -0.1) is 0 Å². The van der Waals surface area contributed by atoms with Crippen molar-refractivity contribution in [3.63, 3.8) is 0 Å². The summed E-state index contributed by atoms with van der Waals surface area (Å²) in [6.45, 7) is 0. The van der Waals surface area contributed by atoms with Crippen LogP contribution in [0.5, 0.6) is 0 Å². The van der Waals surface area contributed by atoms with Crippen LogP contribution < -0.4 is 5.32 Å². The third-order valence-electron chi connectivity index (χ3n) is 4.76. The molecule has 0 fully saturated rings. The van der Waals surface area contributed by atoms with Crippen LogP contribution in [0.1, 0.15) is 29.5 Å². The number of nitro groups is 1. The lowest BCUT2D eigenvalue weighted by atomic mass is 9.77. The Bertz CT molecular complexity index is 818. The van der Waals surface area contributed by atoms with Crippen molar-refractivity contribution >= 4 is 27.3 Å². The van der Waals surface area contributed by atoms with E-state index in [0.29, 0.717) is 11.8 Å². The summed E-state index contributed by atoms with van der Waals surface area (Å²) in [5.41, 5.74) is 3.53. The molecule has 0 amide bonds. The summed E-state index contributed by atoms with van der Waals surface area (Å²) in [5.74, 6) is 0.742. The molecule has 0 saturated carbocycles. The Kier molecular flexibility index (Phi) is 3.45. The summed E-state index contributed by atoms with van der Waals surface area (Å²) >= 11 is 3.55. The van der Waals surface area contributed by atoms with Gasteiger partial charge in [-0.3, -0.25) is 10.1 Å². The molecule has 0 spiro atoms. The number of halogens is 1. The second-order valence-electron chi connectivity index (χ2n) is 6.06. The van der Waals surface area contributed by atoms with E-state index < -0.39 is 0 Å². The van der Waals surface area contributed by atoms with E-state index in [2.05, 4.69) is 45.5 Å². The van der Waals surface area contributed by atoms with E-state index in [9.17, 15) is 10.1 Å². The van der Waals surface area contributed by atoms with E-state index in [0.717, 1.165) is 22.1 Å². The second kappa shape index (κ2) is 5.49. The van der Waals surface area contributed by atoms with Crippen LogP contribution in [0.2, 0.25) is 0 Å². The minimum absolute atomic E-state index is 0.0866. The maximum Gasteiger partial charge on any atom is 0.269 e. The fourth-order valence-corrected chi connectivity index (χ4v) is 4.11. The number of fused-ring (bicyclic) bond motifs is 3. The molecule has 4 nitrogen and oxygen atoms in total. The van der Waals surface area contributed by atoms with Crippen LogP contribution in [-0.4, -0.2) is 4.92 Å². The summed E-state index contributed by atoms with van der Waals surface area (Å²) < 4.78 is 1.07. The number of hydrogen-bond donors (Lipinski definition) is 1. The quantitative estimate of drug-likeness (QED) is 0.449. The van der Waals surface area contributed by atoms with Crippen LogP contribution >= 0.6 is 15.9 Å². The van der Waals surface area contributed by atoms with Crippen molar-refractivity contribution in [1.29, 1.82) is 0 Å². The first-order valence-electron chi connectivity index (χ1n) is 7.60. The molecule has 2 aromatic carbocycles. The Hall–Kier alpha value is -2.14. The lowest BCUT2D eigenvalue weighted by Gasteiger charge is -2.37. The summed E-state index contributed by atoms with van der Waals surface area (Å²) in [7, 11) is 0. The van der Waals surface area contributed by atoms with Gasteiger partial charge in [0.15, 0.2) is 0 Å². The van der Waals surface area contributed by atoms with Crippen LogP contribution in [-0.2, 0) is 0 Å². The average Bonchev–Trinajstić information content (AvgIpc) is 3.04. The maximum absolute atomic E-state index is 11.1. The zero-order valence-electron chi connectivity index (χ0n) is 12.3. The van der Waals surface area contributed by atoms with Crippen LogP contribution in [0.3, 0.4) is 0 Å². The highest BCUT2D eigenvalue weighted by atomic mass is 79.9. The highest BCUT2D eigenvalue weighted by molar-refractivity contribution is 9.10. The number of nitrogens with one attached hydrogen (secondary N) is 1. The number of non-ortho nitro benzene ring substituents is 1. The lowest BCUT2D eigenvalue weighted by molar-refractivity contribution is -0.384. The zero-order valence-corrected chi connectivity index (χ0v) is 13.9. The zero-order chi connectivity index (χ0) is 16.0. The molecule has 0 unspecified atom stereocenters. The first-order valence-corrected chi connectivity index (χ1v) is 8.40. The monoisotopic (exact) mass is 370 g/mol. The van der Waals surface area contributed by atoms with Crippen molar-refractivity contribution in [3.8, 4) is 0 Å². The molecule has 0 aromatic heterocycles. The van der Waals surface area contributed by atoms with E-state index in [1.165, 1.54) is 5.56 Å². The summed E-state index contributed by atoms with van der Waals surface area (Å²) in [4.78, 5) is 10.7.